The van der Waals surface area contributed by atoms with Crippen LogP contribution >= 0.6 is 0 Å². The maximum Gasteiger partial charge on any atom is 0.204 e. The first-order valence-electron chi connectivity index (χ1n) is 9.99. The van der Waals surface area contributed by atoms with Crippen molar-refractivity contribution in [3.63, 3.8) is 0 Å². The predicted molar refractivity (Wildman–Crippen MR) is 113 cm³/mol. The fraction of sp³-hybridized carbons (Fsp3) is 0.240. The number of rotatable bonds is 3. The summed E-state index contributed by atoms with van der Waals surface area (Å²) in [5.41, 5.74) is 7.07. The number of nitrogens with two attached hydrogens (primary N) is 1. The van der Waals surface area contributed by atoms with Crippen LogP contribution in [0.3, 0.4) is 0 Å². The monoisotopic (exact) mass is 409 g/mol. The summed E-state index contributed by atoms with van der Waals surface area (Å²) in [4.78, 5) is 2.20. The topological polar surface area (TPSA) is 101 Å². The normalized spacial score (nSPS) is 22.5. The van der Waals surface area contributed by atoms with Crippen molar-refractivity contribution in [1.82, 2.24) is 4.90 Å². The molecule has 0 amide bonds. The van der Waals surface area contributed by atoms with Gasteiger partial charge in [0.05, 0.1) is 29.5 Å². The molecule has 0 saturated heterocycles. The van der Waals surface area contributed by atoms with E-state index in [1.165, 1.54) is 12.1 Å². The summed E-state index contributed by atoms with van der Waals surface area (Å²) in [5.74, 6) is -1.28. The predicted octanol–water partition coefficient (Wildman–Crippen LogP) is 3.75. The van der Waals surface area contributed by atoms with Gasteiger partial charge in [0, 0.05) is 31.5 Å². The van der Waals surface area contributed by atoms with Crippen LogP contribution in [0.15, 0.2) is 77.5 Å². The van der Waals surface area contributed by atoms with Crippen LogP contribution in [0, 0.1) is 51.1 Å². The number of nitrogens with zero attached hydrogens (tertiary/aromatic N) is 4. The maximum absolute atomic E-state index is 14.1. The van der Waals surface area contributed by atoms with Crippen LogP contribution < -0.4 is 5.73 Å². The lowest BCUT2D eigenvalue weighted by Crippen LogP contribution is -2.47. The molecule has 5 nitrogen and oxygen atoms in total. The van der Waals surface area contributed by atoms with Crippen LogP contribution in [-0.4, -0.2) is 18.0 Å². The molecule has 0 aromatic heterocycles. The highest BCUT2D eigenvalue weighted by Crippen LogP contribution is 2.52. The fourth-order valence-corrected chi connectivity index (χ4v) is 4.75. The largest absolute Gasteiger partial charge is 0.399 e. The summed E-state index contributed by atoms with van der Waals surface area (Å²) in [5, 5.41) is 29.9. The Hall–Kier alpha value is -3.92. The fourth-order valence-electron chi connectivity index (χ4n) is 4.75. The van der Waals surface area contributed by atoms with E-state index < -0.39 is 17.2 Å². The number of nitriles is 3. The minimum atomic E-state index is -1.68. The third-order valence-electron chi connectivity index (χ3n) is 6.18. The molecule has 1 aliphatic heterocycles. The van der Waals surface area contributed by atoms with Gasteiger partial charge in [-0.3, -0.25) is 4.90 Å². The first-order chi connectivity index (χ1) is 15.0. The van der Waals surface area contributed by atoms with Crippen LogP contribution in [0.5, 0.6) is 0 Å². The van der Waals surface area contributed by atoms with E-state index in [1.54, 1.807) is 12.1 Å². The van der Waals surface area contributed by atoms with Crippen molar-refractivity contribution < 1.29 is 4.39 Å². The second-order valence-electron chi connectivity index (χ2n) is 7.89. The van der Waals surface area contributed by atoms with Crippen LogP contribution in [0.2, 0.25) is 0 Å². The molecule has 0 fully saturated rings. The van der Waals surface area contributed by atoms with Gasteiger partial charge in [0.1, 0.15) is 5.82 Å². The first kappa shape index (κ1) is 20.4. The minimum absolute atomic E-state index is 0.0479. The number of hydrogen-bond donors (Lipinski definition) is 1. The number of halogens is 1. The highest BCUT2D eigenvalue weighted by atomic mass is 19.1. The van der Waals surface area contributed by atoms with Crippen LogP contribution in [-0.2, 0) is 6.54 Å². The summed E-state index contributed by atoms with van der Waals surface area (Å²) in [7, 11) is 0. The lowest BCUT2D eigenvalue weighted by molar-refractivity contribution is 0.218. The average molecular weight is 409 g/mol. The zero-order chi connectivity index (χ0) is 22.0. The average Bonchev–Trinajstić information content (AvgIpc) is 2.79. The molecule has 2 N–H and O–H groups in total. The Morgan fingerprint density at radius 1 is 1.06 bits per heavy atom. The summed E-state index contributed by atoms with van der Waals surface area (Å²) < 4.78 is 14.1. The van der Waals surface area contributed by atoms with Crippen molar-refractivity contribution in [2.24, 2.45) is 17.1 Å². The molecule has 0 spiro atoms. The van der Waals surface area contributed by atoms with Gasteiger partial charge >= 0.3 is 0 Å². The van der Waals surface area contributed by atoms with Crippen molar-refractivity contribution in [1.29, 1.82) is 15.8 Å². The van der Waals surface area contributed by atoms with E-state index >= 15 is 0 Å². The van der Waals surface area contributed by atoms with Gasteiger partial charge in [-0.15, -0.1) is 0 Å². The molecule has 2 aliphatic rings. The SMILES string of the molecule is N#CC1=C(N)C(C#N)(C#N)C2=CCN(Cc3ccccc3)C[C@H]2[C@@H]1c1cccc(F)c1. The highest BCUT2D eigenvalue weighted by Gasteiger charge is 2.52. The van der Waals surface area contributed by atoms with Crippen molar-refractivity contribution in [3.05, 3.63) is 94.5 Å². The third-order valence-corrected chi connectivity index (χ3v) is 6.18. The molecule has 1 heterocycles. The van der Waals surface area contributed by atoms with E-state index in [0.29, 0.717) is 30.8 Å². The van der Waals surface area contributed by atoms with Gasteiger partial charge < -0.3 is 5.73 Å². The van der Waals surface area contributed by atoms with Crippen LogP contribution in [0.25, 0.3) is 0 Å². The lowest BCUT2D eigenvalue weighted by atomic mass is 9.60. The Bertz CT molecular complexity index is 1180. The molecule has 2 aromatic carbocycles. The van der Waals surface area contributed by atoms with E-state index in [-0.39, 0.29) is 17.2 Å². The first-order valence-corrected chi connectivity index (χ1v) is 9.99. The van der Waals surface area contributed by atoms with Gasteiger partial charge in [0.25, 0.3) is 0 Å². The molecule has 31 heavy (non-hydrogen) atoms. The van der Waals surface area contributed by atoms with Gasteiger partial charge in [0.2, 0.25) is 5.41 Å². The van der Waals surface area contributed by atoms with Crippen molar-refractivity contribution >= 4 is 0 Å². The molecule has 2 atom stereocenters. The highest BCUT2D eigenvalue weighted by molar-refractivity contribution is 5.58. The molecule has 0 radical (unpaired) electrons. The van der Waals surface area contributed by atoms with Gasteiger partial charge in [-0.25, -0.2) is 4.39 Å². The zero-order valence-electron chi connectivity index (χ0n) is 16.8. The van der Waals surface area contributed by atoms with Crippen molar-refractivity contribution in [3.8, 4) is 18.2 Å². The van der Waals surface area contributed by atoms with Crippen LogP contribution in [0.1, 0.15) is 17.0 Å². The van der Waals surface area contributed by atoms with Gasteiger partial charge in [0.15, 0.2) is 0 Å². The van der Waals surface area contributed by atoms with Gasteiger partial charge in [-0.05, 0) is 28.8 Å². The molecule has 0 saturated carbocycles. The van der Waals surface area contributed by atoms with E-state index in [2.05, 4.69) is 23.1 Å². The summed E-state index contributed by atoms with van der Waals surface area (Å²) in [6.07, 6.45) is 1.89. The van der Waals surface area contributed by atoms with E-state index in [9.17, 15) is 20.2 Å². The number of benzene rings is 2. The van der Waals surface area contributed by atoms with E-state index in [0.717, 1.165) is 5.56 Å². The molecular weight excluding hydrogens is 389 g/mol. The number of fused-ring (bicyclic) bond motifs is 1. The molecule has 152 valence electrons. The Morgan fingerprint density at radius 2 is 1.81 bits per heavy atom. The van der Waals surface area contributed by atoms with Crippen LogP contribution in [0.4, 0.5) is 4.39 Å². The lowest BCUT2D eigenvalue weighted by Gasteiger charge is -2.45. The Kier molecular flexibility index (Phi) is 5.30. The second-order valence-corrected chi connectivity index (χ2v) is 7.89. The zero-order valence-corrected chi connectivity index (χ0v) is 16.8. The Balaban J connectivity index is 1.84. The van der Waals surface area contributed by atoms with E-state index in [1.807, 2.05) is 36.4 Å². The number of allylic oxidation sites excluding steroid dienone is 2. The smallest absolute Gasteiger partial charge is 0.204 e. The molecule has 4 rings (SSSR count). The Labute approximate surface area is 180 Å². The van der Waals surface area contributed by atoms with E-state index in [4.69, 9.17) is 5.73 Å². The maximum atomic E-state index is 14.1. The van der Waals surface area contributed by atoms with Crippen molar-refractivity contribution in [2.45, 2.75) is 12.5 Å². The molecule has 6 heteroatoms. The third kappa shape index (κ3) is 3.36. The number of hydrogen-bond acceptors (Lipinski definition) is 5. The molecule has 0 unspecified atom stereocenters. The molecule has 1 aliphatic carbocycles. The molecule has 2 aromatic rings. The molecule has 0 bridgehead atoms. The Morgan fingerprint density at radius 3 is 2.45 bits per heavy atom. The molecular formula is C25H20FN5. The summed E-state index contributed by atoms with van der Waals surface area (Å²) in [6, 6.07) is 22.4. The quantitative estimate of drug-likeness (QED) is 0.778. The van der Waals surface area contributed by atoms with Crippen molar-refractivity contribution in [2.75, 3.05) is 13.1 Å². The summed E-state index contributed by atoms with van der Waals surface area (Å²) >= 11 is 0. The second kappa shape index (κ2) is 8.07. The summed E-state index contributed by atoms with van der Waals surface area (Å²) in [6.45, 7) is 1.76. The standard InChI is InChI=1S/C25H20FN5/c26-19-8-4-7-18(11-19)23-20(12-27)24(30)25(15-28,16-29)22-9-10-31(14-21(22)23)13-17-5-2-1-3-6-17/h1-9,11,21,23H,10,13-14,30H2/t21-,23-/m1/s1. The van der Waals surface area contributed by atoms with Gasteiger partial charge in [-0.2, -0.15) is 15.8 Å². The minimum Gasteiger partial charge on any atom is -0.399 e. The van der Waals surface area contributed by atoms with Gasteiger partial charge in [-0.1, -0.05) is 48.5 Å².